The van der Waals surface area contributed by atoms with E-state index in [1.54, 1.807) is 30.3 Å². The number of benzene rings is 3. The minimum absolute atomic E-state index is 0.0188. The van der Waals surface area contributed by atoms with Crippen LogP contribution in [-0.2, 0) is 6.54 Å². The van der Waals surface area contributed by atoms with Gasteiger partial charge in [-0.05, 0) is 48.2 Å². The number of nitrogens with one attached hydrogen (secondary N) is 2. The van der Waals surface area contributed by atoms with Gasteiger partial charge in [0, 0.05) is 11.3 Å². The molecule has 9 heteroatoms. The highest BCUT2D eigenvalue weighted by Gasteiger charge is 2.19. The summed E-state index contributed by atoms with van der Waals surface area (Å²) in [6.07, 6.45) is 1.29. The number of para-hydroxylation sites is 2. The Balaban J connectivity index is 1.62. The average molecular weight is 493 g/mol. The Bertz CT molecular complexity index is 1730. The second-order valence-electron chi connectivity index (χ2n) is 8.57. The lowest BCUT2D eigenvalue weighted by Gasteiger charge is -2.18. The minimum atomic E-state index is -0.260. The van der Waals surface area contributed by atoms with Gasteiger partial charge in [0.05, 0.1) is 28.9 Å². The molecular weight excluding hydrogens is 468 g/mol. The molecule has 0 radical (unpaired) electrons. The number of anilines is 2. The summed E-state index contributed by atoms with van der Waals surface area (Å²) in [4.78, 5) is 22.0. The van der Waals surface area contributed by atoms with Crippen LogP contribution in [0.15, 0.2) is 83.9 Å². The van der Waals surface area contributed by atoms with E-state index in [9.17, 15) is 15.0 Å². The van der Waals surface area contributed by atoms with E-state index in [2.05, 4.69) is 15.3 Å². The maximum atomic E-state index is 13.7. The summed E-state index contributed by atoms with van der Waals surface area (Å²) in [6.45, 7) is 2.00. The fourth-order valence-electron chi connectivity index (χ4n) is 4.40. The molecule has 184 valence electrons. The van der Waals surface area contributed by atoms with Crippen LogP contribution in [0.3, 0.4) is 0 Å². The maximum Gasteiger partial charge on any atom is 0.263 e. The SMILES string of the molecule is Cc1cccc2cc(CNc3ncnc(N)c3C(=N)c3cccc(O)c3)n(-c3ccccc3O)c(=O)c12. The number of hydrogen-bond acceptors (Lipinski definition) is 8. The monoisotopic (exact) mass is 492 g/mol. The number of nitrogens with zero attached hydrogens (tertiary/aromatic N) is 3. The molecule has 3 aromatic carbocycles. The van der Waals surface area contributed by atoms with Gasteiger partial charge in [0.1, 0.15) is 29.5 Å². The van der Waals surface area contributed by atoms with Crippen LogP contribution in [0.5, 0.6) is 11.5 Å². The Morgan fingerprint density at radius 2 is 1.81 bits per heavy atom. The number of nitrogen functional groups attached to an aromatic ring is 1. The lowest BCUT2D eigenvalue weighted by Crippen LogP contribution is -2.24. The molecule has 0 unspecified atom stereocenters. The van der Waals surface area contributed by atoms with Crippen LogP contribution in [0, 0.1) is 12.3 Å². The summed E-state index contributed by atoms with van der Waals surface area (Å²) in [6, 6.07) is 20.4. The Morgan fingerprint density at radius 1 is 1.03 bits per heavy atom. The molecular formula is C28H24N6O3. The third-order valence-electron chi connectivity index (χ3n) is 6.15. The van der Waals surface area contributed by atoms with Crippen molar-refractivity contribution in [2.75, 3.05) is 11.1 Å². The Morgan fingerprint density at radius 3 is 2.59 bits per heavy atom. The van der Waals surface area contributed by atoms with Gasteiger partial charge in [-0.1, -0.05) is 42.5 Å². The van der Waals surface area contributed by atoms with Gasteiger partial charge in [0.25, 0.3) is 5.56 Å². The van der Waals surface area contributed by atoms with Gasteiger partial charge in [0.2, 0.25) is 0 Å². The molecule has 2 aromatic heterocycles. The smallest absolute Gasteiger partial charge is 0.263 e. The predicted molar refractivity (Wildman–Crippen MR) is 144 cm³/mol. The van der Waals surface area contributed by atoms with Crippen LogP contribution in [-0.4, -0.2) is 30.5 Å². The number of nitrogens with two attached hydrogens (primary N) is 1. The van der Waals surface area contributed by atoms with E-state index >= 15 is 0 Å². The van der Waals surface area contributed by atoms with Crippen LogP contribution in [0.2, 0.25) is 0 Å². The van der Waals surface area contributed by atoms with Gasteiger partial charge < -0.3 is 21.3 Å². The van der Waals surface area contributed by atoms with Crippen molar-refractivity contribution >= 4 is 28.1 Å². The first-order chi connectivity index (χ1) is 17.8. The molecule has 5 rings (SSSR count). The van der Waals surface area contributed by atoms with E-state index in [1.807, 2.05) is 31.2 Å². The summed E-state index contributed by atoms with van der Waals surface area (Å²) in [5.74, 6) is 0.376. The number of phenolic OH excluding ortho intramolecular Hbond substituents is 2. The summed E-state index contributed by atoms with van der Waals surface area (Å²) < 4.78 is 1.47. The van der Waals surface area contributed by atoms with Crippen molar-refractivity contribution in [3.05, 3.63) is 112 Å². The molecule has 37 heavy (non-hydrogen) atoms. The zero-order valence-electron chi connectivity index (χ0n) is 19.9. The quantitative estimate of drug-likeness (QED) is 0.224. The van der Waals surface area contributed by atoms with Crippen molar-refractivity contribution in [3.8, 4) is 17.2 Å². The number of aryl methyl sites for hydroxylation is 1. The Hall–Kier alpha value is -5.18. The number of hydrogen-bond donors (Lipinski definition) is 5. The first-order valence-electron chi connectivity index (χ1n) is 11.5. The highest BCUT2D eigenvalue weighted by molar-refractivity contribution is 6.16. The number of aromatic hydroxyl groups is 2. The van der Waals surface area contributed by atoms with E-state index < -0.39 is 0 Å². The third kappa shape index (κ3) is 4.34. The van der Waals surface area contributed by atoms with Gasteiger partial charge in [0.15, 0.2) is 0 Å². The van der Waals surface area contributed by atoms with Crippen molar-refractivity contribution < 1.29 is 10.2 Å². The van der Waals surface area contributed by atoms with Gasteiger partial charge in [-0.25, -0.2) is 9.97 Å². The number of phenols is 2. The molecule has 0 fully saturated rings. The predicted octanol–water partition coefficient (Wildman–Crippen LogP) is 4.11. The van der Waals surface area contributed by atoms with Crippen LogP contribution in [0.1, 0.15) is 22.4 Å². The lowest BCUT2D eigenvalue weighted by atomic mass is 10.0. The first kappa shape index (κ1) is 23.6. The van der Waals surface area contributed by atoms with Crippen molar-refractivity contribution in [2.24, 2.45) is 0 Å². The Kier molecular flexibility index (Phi) is 6.02. The standard InChI is InChI=1S/C28H24N6O3/c1-16-6-4-7-17-12-19(34(28(37)23(16)17)21-10-2-3-11-22(21)36)14-31-27-24(26(30)32-15-33-27)25(29)18-8-5-9-20(35)13-18/h2-13,15,29,35-36H,14H2,1H3,(H3,30,31,32,33). The molecule has 0 spiro atoms. The minimum Gasteiger partial charge on any atom is -0.508 e. The number of fused-ring (bicyclic) bond motifs is 1. The molecule has 2 heterocycles. The van der Waals surface area contributed by atoms with Crippen molar-refractivity contribution in [2.45, 2.75) is 13.5 Å². The largest absolute Gasteiger partial charge is 0.508 e. The van der Waals surface area contributed by atoms with Crippen LogP contribution in [0.4, 0.5) is 11.6 Å². The van der Waals surface area contributed by atoms with Gasteiger partial charge in [-0.2, -0.15) is 0 Å². The fourth-order valence-corrected chi connectivity index (χ4v) is 4.40. The van der Waals surface area contributed by atoms with Crippen molar-refractivity contribution in [1.82, 2.24) is 14.5 Å². The highest BCUT2D eigenvalue weighted by atomic mass is 16.3. The molecule has 0 saturated heterocycles. The van der Waals surface area contributed by atoms with Gasteiger partial charge in [-0.3, -0.25) is 14.8 Å². The van der Waals surface area contributed by atoms with Crippen LogP contribution >= 0.6 is 0 Å². The zero-order chi connectivity index (χ0) is 26.1. The number of pyridine rings is 1. The first-order valence-corrected chi connectivity index (χ1v) is 11.5. The summed E-state index contributed by atoms with van der Waals surface area (Å²) in [7, 11) is 0. The lowest BCUT2D eigenvalue weighted by molar-refractivity contribution is 0.471. The van der Waals surface area contributed by atoms with Gasteiger partial charge >= 0.3 is 0 Å². The van der Waals surface area contributed by atoms with E-state index in [0.717, 1.165) is 10.9 Å². The number of aromatic nitrogens is 3. The maximum absolute atomic E-state index is 13.7. The van der Waals surface area contributed by atoms with Crippen molar-refractivity contribution in [3.63, 3.8) is 0 Å². The molecule has 0 aliphatic carbocycles. The topological polar surface area (TPSA) is 150 Å². The van der Waals surface area contributed by atoms with Crippen LogP contribution in [0.25, 0.3) is 16.5 Å². The molecule has 0 bridgehead atoms. The molecule has 9 nitrogen and oxygen atoms in total. The second kappa shape index (κ2) is 9.46. The third-order valence-corrected chi connectivity index (χ3v) is 6.15. The van der Waals surface area contributed by atoms with Crippen LogP contribution < -0.4 is 16.6 Å². The van der Waals surface area contributed by atoms with E-state index in [4.69, 9.17) is 11.1 Å². The normalized spacial score (nSPS) is 10.9. The molecule has 6 N–H and O–H groups in total. The second-order valence-corrected chi connectivity index (χ2v) is 8.57. The molecule has 0 atom stereocenters. The van der Waals surface area contributed by atoms with E-state index in [-0.39, 0.29) is 40.7 Å². The molecule has 0 aliphatic rings. The molecule has 0 aliphatic heterocycles. The zero-order valence-corrected chi connectivity index (χ0v) is 19.9. The van der Waals surface area contributed by atoms with Crippen molar-refractivity contribution in [1.29, 1.82) is 5.41 Å². The average Bonchev–Trinajstić information content (AvgIpc) is 2.88. The van der Waals surface area contributed by atoms with E-state index in [1.165, 1.54) is 29.1 Å². The molecule has 5 aromatic rings. The summed E-state index contributed by atoms with van der Waals surface area (Å²) in [5, 5.41) is 33.7. The number of rotatable bonds is 6. The fraction of sp³-hybridized carbons (Fsp3) is 0.0714. The highest BCUT2D eigenvalue weighted by Crippen LogP contribution is 2.27. The molecule has 0 saturated carbocycles. The summed E-state index contributed by atoms with van der Waals surface area (Å²) >= 11 is 0. The van der Waals surface area contributed by atoms with Gasteiger partial charge in [-0.15, -0.1) is 0 Å². The summed E-state index contributed by atoms with van der Waals surface area (Å²) in [5.41, 5.74) is 8.37. The van der Waals surface area contributed by atoms with E-state index in [0.29, 0.717) is 28.1 Å². The molecule has 0 amide bonds. The Labute approximate surface area is 212 Å².